The maximum absolute atomic E-state index is 13.9. The van der Waals surface area contributed by atoms with Gasteiger partial charge in [0.25, 0.3) is 5.56 Å². The maximum Gasteiger partial charge on any atom is 0.338 e. The number of carbonyl (C=O) groups excluding carboxylic acids is 2. The van der Waals surface area contributed by atoms with E-state index in [0.717, 1.165) is 4.47 Å². The molecule has 0 aliphatic carbocycles. The Hall–Kier alpha value is -3.70. The van der Waals surface area contributed by atoms with Crippen molar-refractivity contribution in [2.45, 2.75) is 26.8 Å². The van der Waals surface area contributed by atoms with Crippen LogP contribution in [0.5, 0.6) is 17.2 Å². The van der Waals surface area contributed by atoms with E-state index in [1.165, 1.54) is 37.0 Å². The minimum absolute atomic E-state index is 0.167. The van der Waals surface area contributed by atoms with Gasteiger partial charge in [0.05, 0.1) is 42.7 Å². The van der Waals surface area contributed by atoms with Crippen molar-refractivity contribution < 1.29 is 28.5 Å². The summed E-state index contributed by atoms with van der Waals surface area (Å²) in [5, 5.41) is 0. The molecule has 9 nitrogen and oxygen atoms in total. The molecule has 0 N–H and O–H groups in total. The Balaban J connectivity index is 1.98. The number of allylic oxidation sites excluding steroid dienone is 1. The summed E-state index contributed by atoms with van der Waals surface area (Å²) in [6.07, 6.45) is 1.64. The van der Waals surface area contributed by atoms with Crippen molar-refractivity contribution in [2.75, 3.05) is 20.8 Å². The molecule has 1 aromatic heterocycles. The summed E-state index contributed by atoms with van der Waals surface area (Å²) < 4.78 is 24.1. The monoisotopic (exact) mass is 600 g/mol. The minimum Gasteiger partial charge on any atom is -0.493 e. The first kappa shape index (κ1) is 27.3. The second kappa shape index (κ2) is 11.4. The summed E-state index contributed by atoms with van der Waals surface area (Å²) in [5.74, 6) is 0.227. The van der Waals surface area contributed by atoms with Gasteiger partial charge < -0.3 is 18.9 Å². The van der Waals surface area contributed by atoms with E-state index in [9.17, 15) is 14.4 Å². The molecule has 38 heavy (non-hydrogen) atoms. The fourth-order valence-electron chi connectivity index (χ4n) is 4.15. The number of esters is 2. The smallest absolute Gasteiger partial charge is 0.338 e. The van der Waals surface area contributed by atoms with Crippen LogP contribution in [0, 0.1) is 0 Å². The highest BCUT2D eigenvalue weighted by Crippen LogP contribution is 2.36. The van der Waals surface area contributed by atoms with Crippen LogP contribution in [0.1, 0.15) is 37.9 Å². The van der Waals surface area contributed by atoms with Crippen LogP contribution in [0.25, 0.3) is 6.08 Å². The zero-order chi connectivity index (χ0) is 27.6. The van der Waals surface area contributed by atoms with Gasteiger partial charge in [0.2, 0.25) is 0 Å². The highest BCUT2D eigenvalue weighted by Gasteiger charge is 2.34. The van der Waals surface area contributed by atoms with Crippen molar-refractivity contribution in [1.82, 2.24) is 4.57 Å². The Morgan fingerprint density at radius 2 is 1.82 bits per heavy atom. The third kappa shape index (κ3) is 5.30. The first-order valence-electron chi connectivity index (χ1n) is 11.6. The predicted molar refractivity (Wildman–Crippen MR) is 145 cm³/mol. The number of rotatable bonds is 7. The number of hydrogen-bond acceptors (Lipinski definition) is 9. The Morgan fingerprint density at radius 1 is 1.11 bits per heavy atom. The van der Waals surface area contributed by atoms with Gasteiger partial charge in [-0.1, -0.05) is 33.3 Å². The SMILES string of the molecule is CCOC(=O)C1=C(C)N=c2s/c(=C/c3cc(Br)ccc3OC(C)=O)c(=O)n2[C@H]1c1ccc(OC)c(OC)c1. The molecule has 2 heterocycles. The quantitative estimate of drug-likeness (QED) is 0.302. The van der Waals surface area contributed by atoms with Gasteiger partial charge >= 0.3 is 11.9 Å². The van der Waals surface area contributed by atoms with Crippen LogP contribution in [0.4, 0.5) is 0 Å². The van der Waals surface area contributed by atoms with E-state index >= 15 is 0 Å². The molecule has 0 fully saturated rings. The van der Waals surface area contributed by atoms with Crippen molar-refractivity contribution in [1.29, 1.82) is 0 Å². The molecule has 1 aliphatic heterocycles. The molecule has 0 saturated carbocycles. The molecule has 198 valence electrons. The van der Waals surface area contributed by atoms with Crippen molar-refractivity contribution in [3.63, 3.8) is 0 Å². The van der Waals surface area contributed by atoms with Crippen LogP contribution in [0.2, 0.25) is 0 Å². The van der Waals surface area contributed by atoms with Gasteiger partial charge in [-0.2, -0.15) is 0 Å². The molecule has 4 rings (SSSR count). The molecule has 0 amide bonds. The van der Waals surface area contributed by atoms with Gasteiger partial charge in [0.15, 0.2) is 16.3 Å². The molecular formula is C27H25BrN2O7S. The normalized spacial score (nSPS) is 15.0. The van der Waals surface area contributed by atoms with E-state index in [1.807, 2.05) is 0 Å². The van der Waals surface area contributed by atoms with Crippen LogP contribution in [0.15, 0.2) is 61.9 Å². The average Bonchev–Trinajstić information content (AvgIpc) is 3.18. The maximum atomic E-state index is 13.9. The zero-order valence-corrected chi connectivity index (χ0v) is 23.8. The second-order valence-corrected chi connectivity index (χ2v) is 10.1. The molecule has 1 aliphatic rings. The average molecular weight is 601 g/mol. The third-order valence-electron chi connectivity index (χ3n) is 5.75. The van der Waals surface area contributed by atoms with Gasteiger partial charge in [-0.05, 0) is 55.8 Å². The van der Waals surface area contributed by atoms with Crippen LogP contribution >= 0.6 is 27.3 Å². The number of nitrogens with zero attached hydrogens (tertiary/aromatic N) is 2. The molecule has 2 aromatic carbocycles. The number of ether oxygens (including phenoxy) is 4. The number of carbonyl (C=O) groups is 2. The third-order valence-corrected chi connectivity index (χ3v) is 7.23. The number of aromatic nitrogens is 1. The van der Waals surface area contributed by atoms with Crippen LogP contribution in [-0.4, -0.2) is 37.3 Å². The summed E-state index contributed by atoms with van der Waals surface area (Å²) >= 11 is 4.59. The van der Waals surface area contributed by atoms with Crippen molar-refractivity contribution in [3.8, 4) is 17.2 Å². The largest absolute Gasteiger partial charge is 0.493 e. The van der Waals surface area contributed by atoms with Gasteiger partial charge in [-0.15, -0.1) is 0 Å². The standard InChI is InChI=1S/C27H25BrN2O7S/c1-6-36-26(33)23-14(2)29-27-30(24(23)16-7-9-20(34-4)21(12-16)35-5)25(32)22(38-27)13-17-11-18(28)8-10-19(17)37-15(3)31/h7-13,24H,6H2,1-5H3/b22-13+/t24-/m0/s1. The fraction of sp³-hybridized carbons (Fsp3) is 0.259. The lowest BCUT2D eigenvalue weighted by Crippen LogP contribution is -2.40. The number of hydrogen-bond donors (Lipinski definition) is 0. The van der Waals surface area contributed by atoms with Crippen molar-refractivity contribution in [2.24, 2.45) is 4.99 Å². The summed E-state index contributed by atoms with van der Waals surface area (Å²) in [6.45, 7) is 4.90. The lowest BCUT2D eigenvalue weighted by molar-refractivity contribution is -0.139. The van der Waals surface area contributed by atoms with E-state index in [2.05, 4.69) is 20.9 Å². The Labute approximate surface area is 230 Å². The summed E-state index contributed by atoms with van der Waals surface area (Å²) in [5.41, 5.74) is 1.48. The number of methoxy groups -OCH3 is 2. The Morgan fingerprint density at radius 3 is 2.47 bits per heavy atom. The molecular weight excluding hydrogens is 576 g/mol. The lowest BCUT2D eigenvalue weighted by atomic mass is 9.95. The number of halogens is 1. The summed E-state index contributed by atoms with van der Waals surface area (Å²) in [6, 6.07) is 9.53. The summed E-state index contributed by atoms with van der Waals surface area (Å²) in [4.78, 5) is 43.6. The second-order valence-electron chi connectivity index (χ2n) is 8.19. The van der Waals surface area contributed by atoms with E-state index in [1.54, 1.807) is 56.3 Å². The van der Waals surface area contributed by atoms with Crippen LogP contribution in [0.3, 0.4) is 0 Å². The van der Waals surface area contributed by atoms with E-state index < -0.39 is 18.0 Å². The molecule has 1 atom stereocenters. The van der Waals surface area contributed by atoms with Crippen molar-refractivity contribution in [3.05, 3.63) is 83.0 Å². The van der Waals surface area contributed by atoms with Crippen molar-refractivity contribution >= 4 is 45.3 Å². The fourth-order valence-corrected chi connectivity index (χ4v) is 5.57. The van der Waals surface area contributed by atoms with E-state index in [4.69, 9.17) is 18.9 Å². The molecule has 0 radical (unpaired) electrons. The molecule has 0 bridgehead atoms. The zero-order valence-electron chi connectivity index (χ0n) is 21.4. The number of thiazole rings is 1. The molecule has 0 unspecified atom stereocenters. The van der Waals surface area contributed by atoms with Crippen LogP contribution in [-0.2, 0) is 14.3 Å². The van der Waals surface area contributed by atoms with Crippen LogP contribution < -0.4 is 29.1 Å². The lowest BCUT2D eigenvalue weighted by Gasteiger charge is -2.25. The van der Waals surface area contributed by atoms with Gasteiger partial charge in [0.1, 0.15) is 5.75 Å². The molecule has 0 saturated heterocycles. The molecule has 11 heteroatoms. The first-order valence-corrected chi connectivity index (χ1v) is 13.2. The van der Waals surface area contributed by atoms with E-state index in [-0.39, 0.29) is 17.7 Å². The van der Waals surface area contributed by atoms with Gasteiger partial charge in [-0.25, -0.2) is 9.79 Å². The minimum atomic E-state index is -0.817. The Kier molecular flexibility index (Phi) is 8.17. The highest BCUT2D eigenvalue weighted by atomic mass is 79.9. The van der Waals surface area contributed by atoms with Gasteiger partial charge in [0, 0.05) is 17.0 Å². The molecule has 3 aromatic rings. The molecule has 0 spiro atoms. The highest BCUT2D eigenvalue weighted by molar-refractivity contribution is 9.10. The summed E-state index contributed by atoms with van der Waals surface area (Å²) in [7, 11) is 3.04. The first-order chi connectivity index (χ1) is 18.2. The number of fused-ring (bicyclic) bond motifs is 1. The topological polar surface area (TPSA) is 105 Å². The number of benzene rings is 2. The van der Waals surface area contributed by atoms with E-state index in [0.29, 0.717) is 43.4 Å². The Bertz CT molecular complexity index is 1640. The van der Waals surface area contributed by atoms with Gasteiger partial charge in [-0.3, -0.25) is 14.2 Å². The predicted octanol–water partition coefficient (Wildman–Crippen LogP) is 3.50.